The molecule has 1 rings (SSSR count). The van der Waals surface area contributed by atoms with Crippen LogP contribution in [0, 0.1) is 0 Å². The van der Waals surface area contributed by atoms with Crippen LogP contribution in [-0.2, 0) is 10.9 Å². The minimum atomic E-state index is -4.78. The van der Waals surface area contributed by atoms with E-state index in [1.165, 1.54) is 6.92 Å². The van der Waals surface area contributed by atoms with Crippen molar-refractivity contribution < 1.29 is 22.7 Å². The third kappa shape index (κ3) is 2.82. The zero-order chi connectivity index (χ0) is 12.3. The predicted molar refractivity (Wildman–Crippen MR) is 48.0 cm³/mol. The van der Waals surface area contributed by atoms with E-state index in [9.17, 15) is 18.0 Å². The van der Waals surface area contributed by atoms with Crippen molar-refractivity contribution in [3.63, 3.8) is 0 Å². The van der Waals surface area contributed by atoms with E-state index in [0.29, 0.717) is 0 Å². The lowest BCUT2D eigenvalue weighted by Gasteiger charge is -2.09. The van der Waals surface area contributed by atoms with Gasteiger partial charge in [-0.25, -0.2) is 4.79 Å². The summed E-state index contributed by atoms with van der Waals surface area (Å²) in [6.45, 7) is 1.43. The number of nitrogens with zero attached hydrogens (tertiary/aromatic N) is 2. The van der Waals surface area contributed by atoms with E-state index in [1.807, 2.05) is 0 Å². The highest BCUT2D eigenvalue weighted by atomic mass is 35.5. The zero-order valence-electron chi connectivity index (χ0n) is 8.01. The molecule has 8 heteroatoms. The molecule has 1 aromatic heterocycles. The summed E-state index contributed by atoms with van der Waals surface area (Å²) in [6, 6.07) is 0.773. The molecule has 0 saturated heterocycles. The first-order valence-corrected chi connectivity index (χ1v) is 4.51. The summed E-state index contributed by atoms with van der Waals surface area (Å²) in [5, 5.41) is 5.57. The number of rotatable bonds is 2. The molecular weight excluding hydrogens is 249 g/mol. The van der Waals surface area contributed by atoms with Gasteiger partial charge in [-0.3, -0.25) is 0 Å². The van der Waals surface area contributed by atoms with Crippen molar-refractivity contribution in [1.82, 2.24) is 10.2 Å². The molecule has 0 atom stereocenters. The van der Waals surface area contributed by atoms with Gasteiger partial charge in [0.25, 0.3) is 0 Å². The van der Waals surface area contributed by atoms with Gasteiger partial charge in [0.05, 0.1) is 12.2 Å². The number of alkyl halides is 3. The van der Waals surface area contributed by atoms with Crippen LogP contribution in [0.2, 0.25) is 5.15 Å². The molecule has 16 heavy (non-hydrogen) atoms. The molecule has 88 valence electrons. The molecule has 0 spiro atoms. The average molecular weight is 255 g/mol. The van der Waals surface area contributed by atoms with Gasteiger partial charge in [0, 0.05) is 0 Å². The van der Waals surface area contributed by atoms with Crippen LogP contribution < -0.4 is 0 Å². The van der Waals surface area contributed by atoms with Crippen LogP contribution in [-0.4, -0.2) is 22.8 Å². The van der Waals surface area contributed by atoms with Crippen molar-refractivity contribution in [2.45, 2.75) is 13.1 Å². The van der Waals surface area contributed by atoms with Gasteiger partial charge < -0.3 is 4.74 Å². The Morgan fingerprint density at radius 3 is 2.62 bits per heavy atom. The molecule has 4 nitrogen and oxygen atoms in total. The number of halogens is 4. The minimum absolute atomic E-state index is 0.0456. The lowest BCUT2D eigenvalue weighted by molar-refractivity contribution is -0.142. The van der Waals surface area contributed by atoms with Crippen LogP contribution in [0.15, 0.2) is 6.07 Å². The number of hydrogen-bond donors (Lipinski definition) is 0. The summed E-state index contributed by atoms with van der Waals surface area (Å²) >= 11 is 5.36. The third-order valence-electron chi connectivity index (χ3n) is 1.53. The first-order valence-electron chi connectivity index (χ1n) is 4.13. The van der Waals surface area contributed by atoms with E-state index < -0.39 is 23.4 Å². The second-order valence-electron chi connectivity index (χ2n) is 2.65. The van der Waals surface area contributed by atoms with Gasteiger partial charge in [-0.05, 0) is 13.0 Å². The van der Waals surface area contributed by atoms with Gasteiger partial charge in [0.2, 0.25) is 0 Å². The monoisotopic (exact) mass is 254 g/mol. The van der Waals surface area contributed by atoms with Gasteiger partial charge in [0.1, 0.15) is 0 Å². The number of carbonyl (C=O) groups is 1. The number of carbonyl (C=O) groups excluding carboxylic acids is 1. The number of hydrogen-bond acceptors (Lipinski definition) is 4. The van der Waals surface area contributed by atoms with Crippen LogP contribution in [0.1, 0.15) is 23.0 Å². The Balaban J connectivity index is 3.24. The van der Waals surface area contributed by atoms with E-state index in [0.717, 1.165) is 6.07 Å². The van der Waals surface area contributed by atoms with E-state index in [-0.39, 0.29) is 11.8 Å². The molecule has 0 fully saturated rings. The lowest BCUT2D eigenvalue weighted by Crippen LogP contribution is -2.18. The van der Waals surface area contributed by atoms with Crippen LogP contribution in [0.3, 0.4) is 0 Å². The molecule has 1 aromatic rings. The molecule has 1 heterocycles. The maximum atomic E-state index is 12.4. The Bertz CT molecular complexity index is 409. The maximum Gasteiger partial charge on any atom is 0.436 e. The van der Waals surface area contributed by atoms with Crippen molar-refractivity contribution in [1.29, 1.82) is 0 Å². The molecule has 0 saturated carbocycles. The molecule has 0 aromatic carbocycles. The summed E-state index contributed by atoms with van der Waals surface area (Å²) in [6.07, 6.45) is -4.78. The van der Waals surface area contributed by atoms with Crippen molar-refractivity contribution >= 4 is 17.6 Å². The minimum Gasteiger partial charge on any atom is -0.462 e. The second kappa shape index (κ2) is 4.65. The molecule has 0 bridgehead atoms. The fourth-order valence-corrected chi connectivity index (χ4v) is 1.09. The van der Waals surface area contributed by atoms with Gasteiger partial charge in [-0.15, -0.1) is 10.2 Å². The second-order valence-corrected chi connectivity index (χ2v) is 3.03. The molecule has 0 radical (unpaired) electrons. The Labute approximate surface area is 93.4 Å². The summed E-state index contributed by atoms with van der Waals surface area (Å²) < 4.78 is 41.7. The van der Waals surface area contributed by atoms with Crippen molar-refractivity contribution in [3.05, 3.63) is 22.5 Å². The Morgan fingerprint density at radius 2 is 2.12 bits per heavy atom. The number of aromatic nitrogens is 2. The van der Waals surface area contributed by atoms with Gasteiger partial charge in [0.15, 0.2) is 10.8 Å². The Hall–Kier alpha value is -1.37. The maximum absolute atomic E-state index is 12.4. The summed E-state index contributed by atoms with van der Waals surface area (Å²) in [4.78, 5) is 11.2. The predicted octanol–water partition coefficient (Wildman–Crippen LogP) is 2.33. The lowest BCUT2D eigenvalue weighted by atomic mass is 10.2. The van der Waals surface area contributed by atoms with Crippen molar-refractivity contribution in [3.8, 4) is 0 Å². The number of ether oxygens (including phenoxy) is 1. The SMILES string of the molecule is CCOC(=O)c1cc(Cl)nnc1C(F)(F)F. The van der Waals surface area contributed by atoms with Gasteiger partial charge in [-0.1, -0.05) is 11.6 Å². The molecule has 0 aliphatic carbocycles. The molecule has 0 aliphatic rings. The van der Waals surface area contributed by atoms with Crippen LogP contribution in [0.25, 0.3) is 0 Å². The molecule has 0 amide bonds. The summed E-state index contributed by atoms with van der Waals surface area (Å²) in [5.41, 5.74) is -2.15. The van der Waals surface area contributed by atoms with Gasteiger partial charge >= 0.3 is 12.1 Å². The normalized spacial score (nSPS) is 11.3. The summed E-state index contributed by atoms with van der Waals surface area (Å²) in [7, 11) is 0. The quantitative estimate of drug-likeness (QED) is 0.760. The largest absolute Gasteiger partial charge is 0.462 e. The van der Waals surface area contributed by atoms with Crippen LogP contribution in [0.5, 0.6) is 0 Å². The molecule has 0 aliphatic heterocycles. The fraction of sp³-hybridized carbons (Fsp3) is 0.375. The highest BCUT2D eigenvalue weighted by Gasteiger charge is 2.38. The zero-order valence-corrected chi connectivity index (χ0v) is 8.76. The van der Waals surface area contributed by atoms with E-state index in [4.69, 9.17) is 11.6 Å². The average Bonchev–Trinajstić information content (AvgIpc) is 2.16. The fourth-order valence-electron chi connectivity index (χ4n) is 0.942. The Morgan fingerprint density at radius 1 is 1.50 bits per heavy atom. The van der Waals surface area contributed by atoms with E-state index in [1.54, 1.807) is 0 Å². The van der Waals surface area contributed by atoms with Gasteiger partial charge in [-0.2, -0.15) is 13.2 Å². The van der Waals surface area contributed by atoms with Crippen molar-refractivity contribution in [2.24, 2.45) is 0 Å². The first kappa shape index (κ1) is 12.7. The molecule has 0 unspecified atom stereocenters. The Kier molecular flexibility index (Phi) is 3.69. The molecular formula is C8H6ClF3N2O2. The smallest absolute Gasteiger partial charge is 0.436 e. The third-order valence-corrected chi connectivity index (χ3v) is 1.71. The first-order chi connectivity index (χ1) is 7.36. The van der Waals surface area contributed by atoms with E-state index >= 15 is 0 Å². The number of esters is 1. The van der Waals surface area contributed by atoms with Crippen LogP contribution in [0.4, 0.5) is 13.2 Å². The topological polar surface area (TPSA) is 52.1 Å². The van der Waals surface area contributed by atoms with Crippen LogP contribution >= 0.6 is 11.6 Å². The summed E-state index contributed by atoms with van der Waals surface area (Å²) in [5.74, 6) is -1.13. The van der Waals surface area contributed by atoms with Crippen molar-refractivity contribution in [2.75, 3.05) is 6.61 Å². The standard InChI is InChI=1S/C8H6ClF3N2O2/c1-2-16-7(15)4-3-5(9)13-14-6(4)8(10,11)12/h3H,2H2,1H3. The molecule has 0 N–H and O–H groups in total. The highest BCUT2D eigenvalue weighted by Crippen LogP contribution is 2.30. The van der Waals surface area contributed by atoms with E-state index in [2.05, 4.69) is 14.9 Å². The highest BCUT2D eigenvalue weighted by molar-refractivity contribution is 6.29.